The first-order chi connectivity index (χ1) is 13.6. The normalized spacial score (nSPS) is 11.5. The third-order valence-electron chi connectivity index (χ3n) is 4.71. The third kappa shape index (κ3) is 4.06. The number of carboxylic acids is 1. The van der Waals surface area contributed by atoms with E-state index in [0.717, 1.165) is 22.3 Å². The lowest BCUT2D eigenvalue weighted by Crippen LogP contribution is -2.38. The number of rotatable bonds is 6. The minimum absolute atomic E-state index is 0.245. The average Bonchev–Trinajstić information content (AvgIpc) is 2.99. The monoisotopic (exact) mass is 396 g/mol. The number of nitrogens with zero attached hydrogens (tertiary/aromatic N) is 4. The van der Waals surface area contributed by atoms with E-state index in [4.69, 9.17) is 4.74 Å². The van der Waals surface area contributed by atoms with Gasteiger partial charge in [0.1, 0.15) is 5.75 Å². The van der Waals surface area contributed by atoms with Gasteiger partial charge in [0, 0.05) is 0 Å². The van der Waals surface area contributed by atoms with Crippen LogP contribution in [0.1, 0.15) is 36.1 Å². The summed E-state index contributed by atoms with van der Waals surface area (Å²) in [5.74, 6) is -0.517. The second-order valence-corrected chi connectivity index (χ2v) is 7.59. The van der Waals surface area contributed by atoms with Crippen LogP contribution >= 0.6 is 0 Å². The van der Waals surface area contributed by atoms with Crippen molar-refractivity contribution in [3.63, 3.8) is 0 Å². The van der Waals surface area contributed by atoms with Crippen LogP contribution < -0.4 is 10.4 Å². The van der Waals surface area contributed by atoms with Gasteiger partial charge in [0.05, 0.1) is 12.2 Å². The molecule has 8 heteroatoms. The number of carbonyl (C=O) groups is 1. The van der Waals surface area contributed by atoms with Crippen molar-refractivity contribution >= 4 is 5.97 Å². The van der Waals surface area contributed by atoms with Gasteiger partial charge in [-0.3, -0.25) is 0 Å². The quantitative estimate of drug-likeness (QED) is 0.688. The Labute approximate surface area is 168 Å². The summed E-state index contributed by atoms with van der Waals surface area (Å²) >= 11 is 0. The molecule has 0 radical (unpaired) electrons. The van der Waals surface area contributed by atoms with Crippen LogP contribution in [-0.2, 0) is 11.3 Å². The number of aryl methyl sites for hydroxylation is 3. The fraction of sp³-hybridized carbons (Fsp3) is 0.333. The predicted molar refractivity (Wildman–Crippen MR) is 108 cm³/mol. The van der Waals surface area contributed by atoms with Crippen LogP contribution in [-0.4, -0.2) is 36.5 Å². The summed E-state index contributed by atoms with van der Waals surface area (Å²) in [6.45, 7) is 8.85. The van der Waals surface area contributed by atoms with E-state index in [1.54, 1.807) is 0 Å². The number of para-hydroxylation sites is 1. The Morgan fingerprint density at radius 2 is 1.69 bits per heavy atom. The second kappa shape index (κ2) is 7.54. The molecule has 3 aromatic rings. The molecule has 0 aliphatic heterocycles. The van der Waals surface area contributed by atoms with E-state index >= 15 is 0 Å². The van der Waals surface area contributed by atoms with E-state index in [0.29, 0.717) is 11.4 Å². The maximum Gasteiger partial charge on any atom is 0.368 e. The maximum atomic E-state index is 12.7. The molecular formula is C21H24N4O4. The molecule has 1 N–H and O–H groups in total. The molecule has 1 aromatic heterocycles. The van der Waals surface area contributed by atoms with Crippen LogP contribution in [0.4, 0.5) is 0 Å². The van der Waals surface area contributed by atoms with Crippen LogP contribution in [0.3, 0.4) is 0 Å². The van der Waals surface area contributed by atoms with Crippen molar-refractivity contribution in [2.75, 3.05) is 0 Å². The molecule has 29 heavy (non-hydrogen) atoms. The Morgan fingerprint density at radius 1 is 1.07 bits per heavy atom. The summed E-state index contributed by atoms with van der Waals surface area (Å²) in [7, 11) is 0. The highest BCUT2D eigenvalue weighted by molar-refractivity contribution is 5.77. The summed E-state index contributed by atoms with van der Waals surface area (Å²) in [5.41, 5.74) is 2.36. The molecule has 0 aliphatic carbocycles. The molecule has 0 atom stereocenters. The van der Waals surface area contributed by atoms with Crippen LogP contribution in [0.15, 0.2) is 41.2 Å². The number of hydrogen-bond donors (Lipinski definition) is 1. The van der Waals surface area contributed by atoms with Crippen molar-refractivity contribution in [1.29, 1.82) is 0 Å². The first-order valence-electron chi connectivity index (χ1n) is 9.21. The summed E-state index contributed by atoms with van der Waals surface area (Å²) < 4.78 is 8.30. The van der Waals surface area contributed by atoms with Gasteiger partial charge in [-0.05, 0) is 73.4 Å². The third-order valence-corrected chi connectivity index (χ3v) is 4.71. The van der Waals surface area contributed by atoms with Gasteiger partial charge in [0.15, 0.2) is 5.60 Å². The first-order valence-corrected chi connectivity index (χ1v) is 9.21. The highest BCUT2D eigenvalue weighted by atomic mass is 16.5. The van der Waals surface area contributed by atoms with E-state index in [9.17, 15) is 14.7 Å². The van der Waals surface area contributed by atoms with E-state index in [-0.39, 0.29) is 12.2 Å². The Kier molecular flexibility index (Phi) is 5.28. The first kappa shape index (κ1) is 20.3. The van der Waals surface area contributed by atoms with Crippen LogP contribution in [0.25, 0.3) is 5.69 Å². The Hall–Kier alpha value is -3.42. The number of hydrogen-bond acceptors (Lipinski definition) is 5. The molecular weight excluding hydrogens is 372 g/mol. The van der Waals surface area contributed by atoms with Crippen molar-refractivity contribution in [2.24, 2.45) is 0 Å². The lowest BCUT2D eigenvalue weighted by atomic mass is 10.0. The van der Waals surface area contributed by atoms with Crippen molar-refractivity contribution in [3.05, 3.63) is 69.1 Å². The van der Waals surface area contributed by atoms with Crippen molar-refractivity contribution in [3.8, 4) is 11.4 Å². The topological polar surface area (TPSA) is 99.2 Å². The highest BCUT2D eigenvalue weighted by Crippen LogP contribution is 2.29. The van der Waals surface area contributed by atoms with Crippen LogP contribution in [0, 0.1) is 20.8 Å². The number of benzene rings is 2. The number of carboxylic acid groups (broad SMARTS) is 1. The summed E-state index contributed by atoms with van der Waals surface area (Å²) in [4.78, 5) is 24.1. The van der Waals surface area contributed by atoms with Crippen molar-refractivity contribution < 1.29 is 14.6 Å². The molecule has 1 heterocycles. The smallest absolute Gasteiger partial charge is 0.368 e. The standard InChI is InChI=1S/C21H24N4O4/c1-13-8-6-7-9-17(13)25-20(28)24(22-23-25)12-16-10-14(2)18(15(3)11-16)29-21(4,5)19(26)27/h6-11H,12H2,1-5H3,(H,26,27). The SMILES string of the molecule is Cc1ccccc1-n1nnn(Cc2cc(C)c(OC(C)(C)C(=O)O)c(C)c2)c1=O. The molecule has 0 saturated heterocycles. The molecule has 0 fully saturated rings. The Morgan fingerprint density at radius 3 is 2.28 bits per heavy atom. The number of ether oxygens (including phenoxy) is 1. The van der Waals surface area contributed by atoms with Crippen molar-refractivity contribution in [2.45, 2.75) is 46.8 Å². The molecule has 0 unspecified atom stereocenters. The molecule has 0 aliphatic rings. The fourth-order valence-electron chi connectivity index (χ4n) is 3.09. The molecule has 0 spiro atoms. The van der Waals surface area contributed by atoms with Crippen LogP contribution in [0.5, 0.6) is 5.75 Å². The van der Waals surface area contributed by atoms with Gasteiger partial charge in [-0.1, -0.05) is 30.3 Å². The van der Waals surface area contributed by atoms with Gasteiger partial charge in [-0.25, -0.2) is 9.59 Å². The molecule has 0 saturated carbocycles. The van der Waals surface area contributed by atoms with Gasteiger partial charge in [-0.15, -0.1) is 0 Å². The summed E-state index contributed by atoms with van der Waals surface area (Å²) in [6, 6.07) is 11.2. The minimum Gasteiger partial charge on any atom is -0.478 e. The molecule has 0 amide bonds. The average molecular weight is 396 g/mol. The van der Waals surface area contributed by atoms with E-state index in [1.165, 1.54) is 23.2 Å². The van der Waals surface area contributed by atoms with Gasteiger partial charge in [0.2, 0.25) is 0 Å². The summed E-state index contributed by atoms with van der Waals surface area (Å²) in [6.07, 6.45) is 0. The maximum absolute atomic E-state index is 12.7. The molecule has 2 aromatic carbocycles. The van der Waals surface area contributed by atoms with E-state index < -0.39 is 11.6 Å². The second-order valence-electron chi connectivity index (χ2n) is 7.59. The molecule has 152 valence electrons. The minimum atomic E-state index is -1.34. The zero-order valence-corrected chi connectivity index (χ0v) is 17.1. The van der Waals surface area contributed by atoms with Gasteiger partial charge < -0.3 is 9.84 Å². The van der Waals surface area contributed by atoms with Gasteiger partial charge in [0.25, 0.3) is 0 Å². The largest absolute Gasteiger partial charge is 0.478 e. The van der Waals surface area contributed by atoms with Gasteiger partial charge in [-0.2, -0.15) is 9.36 Å². The van der Waals surface area contributed by atoms with Gasteiger partial charge >= 0.3 is 11.7 Å². The molecule has 0 bridgehead atoms. The predicted octanol–water partition coefficient (Wildman–Crippen LogP) is 2.64. The fourth-order valence-corrected chi connectivity index (χ4v) is 3.09. The lowest BCUT2D eigenvalue weighted by molar-refractivity contribution is -0.152. The zero-order chi connectivity index (χ0) is 21.3. The van der Waals surface area contributed by atoms with Crippen LogP contribution in [0.2, 0.25) is 0 Å². The lowest BCUT2D eigenvalue weighted by Gasteiger charge is -2.24. The van der Waals surface area contributed by atoms with Crippen molar-refractivity contribution in [1.82, 2.24) is 19.8 Å². The van der Waals surface area contributed by atoms with E-state index in [2.05, 4.69) is 10.4 Å². The summed E-state index contributed by atoms with van der Waals surface area (Å²) in [5, 5.41) is 17.3. The number of aromatic nitrogens is 4. The zero-order valence-electron chi connectivity index (χ0n) is 17.1. The highest BCUT2D eigenvalue weighted by Gasteiger charge is 2.30. The Bertz CT molecular complexity index is 1100. The Balaban J connectivity index is 1.90. The van der Waals surface area contributed by atoms with E-state index in [1.807, 2.05) is 57.2 Å². The molecule has 3 rings (SSSR count). The number of aliphatic carboxylic acids is 1. The molecule has 8 nitrogen and oxygen atoms in total. The number of tetrazole rings is 1.